The van der Waals surface area contributed by atoms with E-state index in [2.05, 4.69) is 9.97 Å². The fourth-order valence-electron chi connectivity index (χ4n) is 2.45. The fourth-order valence-corrected chi connectivity index (χ4v) is 2.45. The van der Waals surface area contributed by atoms with Gasteiger partial charge in [-0.05, 0) is 14.1 Å². The van der Waals surface area contributed by atoms with Gasteiger partial charge in [0.05, 0.1) is 23.8 Å². The Hall–Kier alpha value is -1.16. The van der Waals surface area contributed by atoms with E-state index in [9.17, 15) is 0 Å². The molecule has 0 aliphatic carbocycles. The van der Waals surface area contributed by atoms with Crippen molar-refractivity contribution in [1.82, 2.24) is 19.8 Å². The Morgan fingerprint density at radius 3 is 1.33 bits per heavy atom. The SMILES string of the molecule is CN(Cc1cnc(CN(C)CC(CO)CO)cn1)CC(CO)CO. The van der Waals surface area contributed by atoms with Gasteiger partial charge in [-0.25, -0.2) is 0 Å². The zero-order valence-corrected chi connectivity index (χ0v) is 14.5. The molecule has 8 nitrogen and oxygen atoms in total. The first-order chi connectivity index (χ1) is 11.5. The van der Waals surface area contributed by atoms with Crippen molar-refractivity contribution < 1.29 is 20.4 Å². The van der Waals surface area contributed by atoms with Gasteiger partial charge in [-0.1, -0.05) is 0 Å². The van der Waals surface area contributed by atoms with Crippen molar-refractivity contribution >= 4 is 0 Å². The van der Waals surface area contributed by atoms with E-state index >= 15 is 0 Å². The van der Waals surface area contributed by atoms with Crippen LogP contribution in [-0.4, -0.2) is 93.8 Å². The third kappa shape index (κ3) is 7.61. The van der Waals surface area contributed by atoms with E-state index in [-0.39, 0.29) is 38.3 Å². The van der Waals surface area contributed by atoms with Gasteiger partial charge >= 0.3 is 0 Å². The van der Waals surface area contributed by atoms with Crippen molar-refractivity contribution in [2.45, 2.75) is 13.1 Å². The minimum Gasteiger partial charge on any atom is -0.396 e. The van der Waals surface area contributed by atoms with Crippen LogP contribution in [-0.2, 0) is 13.1 Å². The van der Waals surface area contributed by atoms with Crippen LogP contribution < -0.4 is 0 Å². The Morgan fingerprint density at radius 1 is 0.750 bits per heavy atom. The zero-order valence-electron chi connectivity index (χ0n) is 14.5. The maximum Gasteiger partial charge on any atom is 0.0726 e. The van der Waals surface area contributed by atoms with E-state index in [1.807, 2.05) is 23.9 Å². The number of aromatic nitrogens is 2. The minimum absolute atomic E-state index is 0.0412. The highest BCUT2D eigenvalue weighted by molar-refractivity contribution is 5.02. The molecule has 0 spiro atoms. The predicted octanol–water partition coefficient (Wildman–Crippen LogP) is -1.46. The second kappa shape index (κ2) is 11.4. The number of aliphatic hydroxyl groups excluding tert-OH is 4. The highest BCUT2D eigenvalue weighted by Crippen LogP contribution is 2.06. The van der Waals surface area contributed by atoms with Gasteiger partial charge in [0.2, 0.25) is 0 Å². The van der Waals surface area contributed by atoms with Crippen LogP contribution in [0.3, 0.4) is 0 Å². The average molecular weight is 342 g/mol. The van der Waals surface area contributed by atoms with Crippen molar-refractivity contribution in [3.8, 4) is 0 Å². The van der Waals surface area contributed by atoms with Gasteiger partial charge in [-0.15, -0.1) is 0 Å². The molecule has 0 atom stereocenters. The first-order valence-electron chi connectivity index (χ1n) is 8.12. The van der Waals surface area contributed by atoms with Crippen LogP contribution in [0.15, 0.2) is 12.4 Å². The maximum absolute atomic E-state index is 9.11. The second-order valence-corrected chi connectivity index (χ2v) is 6.35. The summed E-state index contributed by atoms with van der Waals surface area (Å²) < 4.78 is 0. The molecule has 0 bridgehead atoms. The van der Waals surface area contributed by atoms with Crippen LogP contribution in [0.2, 0.25) is 0 Å². The summed E-state index contributed by atoms with van der Waals surface area (Å²) in [5, 5.41) is 36.4. The number of rotatable bonds is 12. The molecule has 1 rings (SSSR count). The molecule has 0 saturated carbocycles. The molecule has 1 aromatic rings. The van der Waals surface area contributed by atoms with Crippen LogP contribution >= 0.6 is 0 Å². The topological polar surface area (TPSA) is 113 Å². The number of hydrogen-bond donors (Lipinski definition) is 4. The van der Waals surface area contributed by atoms with E-state index < -0.39 is 0 Å². The molecule has 24 heavy (non-hydrogen) atoms. The van der Waals surface area contributed by atoms with E-state index in [1.165, 1.54) is 0 Å². The highest BCUT2D eigenvalue weighted by atomic mass is 16.3. The molecule has 0 aliphatic heterocycles. The molecule has 8 heteroatoms. The number of aliphatic hydroxyl groups is 4. The molecule has 1 aromatic heterocycles. The molecule has 0 amide bonds. The lowest BCUT2D eigenvalue weighted by molar-refractivity contribution is 0.116. The van der Waals surface area contributed by atoms with Crippen molar-refractivity contribution in [1.29, 1.82) is 0 Å². The summed E-state index contributed by atoms with van der Waals surface area (Å²) in [7, 11) is 3.82. The standard InChI is InChI=1S/C16H30N4O4/c1-19(5-13(9-21)10-22)7-15-3-18-16(4-17-15)8-20(2)6-14(11-23)12-24/h3-4,13-14,21-24H,5-12H2,1-2H3. The quantitative estimate of drug-likeness (QED) is 0.365. The Morgan fingerprint density at radius 2 is 1.08 bits per heavy atom. The van der Waals surface area contributed by atoms with Crippen molar-refractivity contribution in [3.63, 3.8) is 0 Å². The number of nitrogens with zero attached hydrogens (tertiary/aromatic N) is 4. The van der Waals surface area contributed by atoms with Crippen molar-refractivity contribution in [2.24, 2.45) is 11.8 Å². The Bertz CT molecular complexity index is 397. The smallest absolute Gasteiger partial charge is 0.0726 e. The first kappa shape index (κ1) is 20.9. The van der Waals surface area contributed by atoms with Gasteiger partial charge in [-0.2, -0.15) is 0 Å². The summed E-state index contributed by atoms with van der Waals surface area (Å²) >= 11 is 0. The third-order valence-electron chi connectivity index (χ3n) is 3.80. The van der Waals surface area contributed by atoms with E-state index in [4.69, 9.17) is 20.4 Å². The fraction of sp³-hybridized carbons (Fsp3) is 0.750. The van der Waals surface area contributed by atoms with Crippen LogP contribution in [0.1, 0.15) is 11.4 Å². The zero-order chi connectivity index (χ0) is 17.9. The third-order valence-corrected chi connectivity index (χ3v) is 3.80. The molecule has 0 saturated heterocycles. The molecule has 138 valence electrons. The molecular weight excluding hydrogens is 312 g/mol. The van der Waals surface area contributed by atoms with E-state index in [0.29, 0.717) is 26.2 Å². The summed E-state index contributed by atoms with van der Waals surface area (Å²) in [5.41, 5.74) is 1.64. The molecule has 0 unspecified atom stereocenters. The van der Waals surface area contributed by atoms with Gasteiger partial charge in [0.1, 0.15) is 0 Å². The first-order valence-corrected chi connectivity index (χ1v) is 8.12. The summed E-state index contributed by atoms with van der Waals surface area (Å²) in [6.07, 6.45) is 3.45. The van der Waals surface area contributed by atoms with E-state index in [1.54, 1.807) is 12.4 Å². The normalized spacial score (nSPS) is 12.1. The molecule has 4 N–H and O–H groups in total. The lowest BCUT2D eigenvalue weighted by Crippen LogP contribution is -2.30. The molecule has 1 heterocycles. The molecule has 0 radical (unpaired) electrons. The Labute approximate surface area is 143 Å². The van der Waals surface area contributed by atoms with E-state index in [0.717, 1.165) is 11.4 Å². The van der Waals surface area contributed by atoms with Gasteiger partial charge < -0.3 is 30.2 Å². The molecule has 0 fully saturated rings. The van der Waals surface area contributed by atoms with Crippen LogP contribution in [0.5, 0.6) is 0 Å². The van der Waals surface area contributed by atoms with Crippen molar-refractivity contribution in [2.75, 3.05) is 53.6 Å². The van der Waals surface area contributed by atoms with Crippen molar-refractivity contribution in [3.05, 3.63) is 23.8 Å². The summed E-state index contributed by atoms with van der Waals surface area (Å²) in [4.78, 5) is 12.8. The minimum atomic E-state index is -0.151. The maximum atomic E-state index is 9.11. The second-order valence-electron chi connectivity index (χ2n) is 6.35. The predicted molar refractivity (Wildman–Crippen MR) is 90.0 cm³/mol. The Kier molecular flexibility index (Phi) is 9.92. The lowest BCUT2D eigenvalue weighted by atomic mass is 10.1. The van der Waals surface area contributed by atoms with Gasteiger partial charge in [0, 0.05) is 64.4 Å². The Balaban J connectivity index is 2.47. The largest absolute Gasteiger partial charge is 0.396 e. The summed E-state index contributed by atoms with van der Waals surface area (Å²) in [6, 6.07) is 0. The molecular formula is C16H30N4O4. The monoisotopic (exact) mass is 342 g/mol. The molecule has 0 aliphatic rings. The lowest BCUT2D eigenvalue weighted by Gasteiger charge is -2.21. The molecule has 0 aromatic carbocycles. The van der Waals surface area contributed by atoms with Crippen LogP contribution in [0.25, 0.3) is 0 Å². The average Bonchev–Trinajstić information content (AvgIpc) is 2.59. The van der Waals surface area contributed by atoms with Gasteiger partial charge in [0.15, 0.2) is 0 Å². The van der Waals surface area contributed by atoms with Gasteiger partial charge in [0.25, 0.3) is 0 Å². The van der Waals surface area contributed by atoms with Crippen LogP contribution in [0, 0.1) is 11.8 Å². The number of hydrogen-bond acceptors (Lipinski definition) is 8. The summed E-state index contributed by atoms with van der Waals surface area (Å²) in [5.74, 6) is -0.302. The summed E-state index contributed by atoms with van der Waals surface area (Å²) in [6.45, 7) is 2.20. The van der Waals surface area contributed by atoms with Crippen LogP contribution in [0.4, 0.5) is 0 Å². The van der Waals surface area contributed by atoms with Gasteiger partial charge in [-0.3, -0.25) is 9.97 Å². The highest BCUT2D eigenvalue weighted by Gasteiger charge is 2.12.